The number of sulfone groups is 2. The van der Waals surface area contributed by atoms with Crippen LogP contribution in [0, 0.1) is 0 Å². The summed E-state index contributed by atoms with van der Waals surface area (Å²) < 4.78 is 47.7. The van der Waals surface area contributed by atoms with Gasteiger partial charge >= 0.3 is 0 Å². The Hall–Kier alpha value is -1.00. The highest BCUT2D eigenvalue weighted by atomic mass is 35.5. The van der Waals surface area contributed by atoms with Gasteiger partial charge in [-0.2, -0.15) is 0 Å². The molecule has 0 spiro atoms. The highest BCUT2D eigenvalue weighted by Gasteiger charge is 2.23. The maximum atomic E-state index is 12.4. The molecule has 0 bridgehead atoms. The Balaban J connectivity index is 0.00000220. The molecule has 2 aromatic rings. The number of rotatable bonds is 4. The molecule has 2 N–H and O–H groups in total. The van der Waals surface area contributed by atoms with E-state index in [4.69, 9.17) is 5.73 Å². The zero-order valence-electron chi connectivity index (χ0n) is 10.9. The van der Waals surface area contributed by atoms with Gasteiger partial charge in [-0.05, 0) is 24.3 Å². The lowest BCUT2D eigenvalue weighted by atomic mass is 10.5. The van der Waals surface area contributed by atoms with Crippen LogP contribution in [-0.4, -0.2) is 28.1 Å². The second kappa shape index (κ2) is 6.41. The van der Waals surface area contributed by atoms with Crippen LogP contribution in [0.2, 0.25) is 0 Å². The standard InChI is InChI=1S/C11H12N2O4S3.ClH/c1-19(14,15)9-3-2-4-10(13-9)20(16,17)11-6-5-8(7-12)18-11;/h2-6H,7,12H2,1H3;1H. The molecule has 0 aromatic carbocycles. The number of hydrogen-bond acceptors (Lipinski definition) is 7. The molecule has 2 aromatic heterocycles. The summed E-state index contributed by atoms with van der Waals surface area (Å²) in [4.78, 5) is 4.45. The number of nitrogens with zero attached hydrogens (tertiary/aromatic N) is 1. The molecule has 2 rings (SSSR count). The summed E-state index contributed by atoms with van der Waals surface area (Å²) in [6, 6.07) is 6.95. The van der Waals surface area contributed by atoms with E-state index in [0.29, 0.717) is 0 Å². The average Bonchev–Trinajstić information content (AvgIpc) is 2.87. The zero-order chi connectivity index (χ0) is 15.0. The van der Waals surface area contributed by atoms with Crippen LogP contribution in [0.1, 0.15) is 4.88 Å². The Morgan fingerprint density at radius 3 is 2.24 bits per heavy atom. The first-order chi connectivity index (χ1) is 9.25. The van der Waals surface area contributed by atoms with Crippen LogP contribution in [0.4, 0.5) is 0 Å². The lowest BCUT2D eigenvalue weighted by molar-refractivity contribution is 0.589. The third-order valence-electron chi connectivity index (χ3n) is 2.46. The monoisotopic (exact) mass is 368 g/mol. The zero-order valence-corrected chi connectivity index (χ0v) is 14.2. The van der Waals surface area contributed by atoms with Crippen molar-refractivity contribution in [1.82, 2.24) is 4.98 Å². The van der Waals surface area contributed by atoms with E-state index in [1.54, 1.807) is 6.07 Å². The van der Waals surface area contributed by atoms with Crippen LogP contribution in [-0.2, 0) is 26.2 Å². The third-order valence-corrected chi connectivity index (χ3v) is 6.70. The molecular formula is C11H13ClN2O4S3. The van der Waals surface area contributed by atoms with E-state index in [9.17, 15) is 16.8 Å². The fourth-order valence-electron chi connectivity index (χ4n) is 1.47. The Morgan fingerprint density at radius 2 is 1.71 bits per heavy atom. The van der Waals surface area contributed by atoms with E-state index in [1.165, 1.54) is 24.3 Å². The molecule has 0 fully saturated rings. The normalized spacial score (nSPS) is 11.9. The van der Waals surface area contributed by atoms with Crippen molar-refractivity contribution in [2.45, 2.75) is 20.8 Å². The van der Waals surface area contributed by atoms with Crippen molar-refractivity contribution in [3.63, 3.8) is 0 Å². The Bertz CT molecular complexity index is 844. The quantitative estimate of drug-likeness (QED) is 0.870. The number of aromatic nitrogens is 1. The molecule has 10 heteroatoms. The van der Waals surface area contributed by atoms with Crippen molar-refractivity contribution >= 4 is 43.4 Å². The lowest BCUT2D eigenvalue weighted by Gasteiger charge is -2.03. The number of halogens is 1. The van der Waals surface area contributed by atoms with Gasteiger partial charge in [-0.3, -0.25) is 0 Å². The predicted molar refractivity (Wildman–Crippen MR) is 82.3 cm³/mol. The van der Waals surface area contributed by atoms with E-state index >= 15 is 0 Å². The van der Waals surface area contributed by atoms with Gasteiger partial charge in [-0.25, -0.2) is 21.8 Å². The second-order valence-electron chi connectivity index (χ2n) is 4.01. The molecule has 21 heavy (non-hydrogen) atoms. The van der Waals surface area contributed by atoms with Gasteiger partial charge in [0.25, 0.3) is 0 Å². The minimum atomic E-state index is -3.82. The van der Waals surface area contributed by atoms with Crippen molar-refractivity contribution in [3.05, 3.63) is 35.2 Å². The van der Waals surface area contributed by atoms with Crippen LogP contribution in [0.25, 0.3) is 0 Å². The van der Waals surface area contributed by atoms with Crippen LogP contribution < -0.4 is 5.73 Å². The number of pyridine rings is 1. The maximum Gasteiger partial charge on any atom is 0.233 e. The lowest BCUT2D eigenvalue weighted by Crippen LogP contribution is -2.07. The smallest absolute Gasteiger partial charge is 0.233 e. The highest BCUT2D eigenvalue weighted by molar-refractivity contribution is 7.93. The summed E-state index contributed by atoms with van der Waals surface area (Å²) in [5, 5.41) is -0.556. The van der Waals surface area contributed by atoms with Gasteiger partial charge in [-0.15, -0.1) is 23.7 Å². The minimum absolute atomic E-state index is 0. The molecule has 0 aliphatic carbocycles. The van der Waals surface area contributed by atoms with Crippen molar-refractivity contribution in [2.24, 2.45) is 5.73 Å². The van der Waals surface area contributed by atoms with Crippen molar-refractivity contribution in [3.8, 4) is 0 Å². The summed E-state index contributed by atoms with van der Waals surface area (Å²) in [6.07, 6.45) is 0.976. The van der Waals surface area contributed by atoms with Gasteiger partial charge in [0.1, 0.15) is 4.21 Å². The molecule has 2 heterocycles. The van der Waals surface area contributed by atoms with Gasteiger partial charge in [0.15, 0.2) is 19.9 Å². The molecule has 0 saturated carbocycles. The van der Waals surface area contributed by atoms with Crippen LogP contribution >= 0.6 is 23.7 Å². The molecule has 0 radical (unpaired) electrons. The van der Waals surface area contributed by atoms with E-state index in [2.05, 4.69) is 4.98 Å². The van der Waals surface area contributed by atoms with Gasteiger partial charge in [0.05, 0.1) is 0 Å². The van der Waals surface area contributed by atoms with E-state index < -0.39 is 19.7 Å². The molecule has 0 aliphatic rings. The highest BCUT2D eigenvalue weighted by Crippen LogP contribution is 2.27. The predicted octanol–water partition coefficient (Wildman–Crippen LogP) is 1.26. The summed E-state index contributed by atoms with van der Waals surface area (Å²) >= 11 is 1.05. The first-order valence-corrected chi connectivity index (χ1v) is 9.65. The van der Waals surface area contributed by atoms with Crippen LogP contribution in [0.3, 0.4) is 0 Å². The molecule has 0 unspecified atom stereocenters. The van der Waals surface area contributed by atoms with E-state index in [-0.39, 0.29) is 33.2 Å². The van der Waals surface area contributed by atoms with Crippen molar-refractivity contribution in [2.75, 3.05) is 6.26 Å². The van der Waals surface area contributed by atoms with Gasteiger partial charge in [0.2, 0.25) is 9.84 Å². The van der Waals surface area contributed by atoms with Crippen LogP contribution in [0.5, 0.6) is 0 Å². The van der Waals surface area contributed by atoms with Gasteiger partial charge in [-0.1, -0.05) is 6.07 Å². The first-order valence-electron chi connectivity index (χ1n) is 5.46. The number of thiophene rings is 1. The molecule has 116 valence electrons. The summed E-state index contributed by atoms with van der Waals surface area (Å²) in [7, 11) is -7.38. The fraction of sp³-hybridized carbons (Fsp3) is 0.182. The molecule has 0 amide bonds. The summed E-state index contributed by atoms with van der Waals surface area (Å²) in [6.45, 7) is 0.247. The molecule has 0 atom stereocenters. The minimum Gasteiger partial charge on any atom is -0.326 e. The second-order valence-corrected chi connectivity index (χ2v) is 9.27. The Morgan fingerprint density at radius 1 is 1.10 bits per heavy atom. The molecule has 6 nitrogen and oxygen atoms in total. The van der Waals surface area contributed by atoms with Gasteiger partial charge in [0, 0.05) is 17.7 Å². The SMILES string of the molecule is CS(=O)(=O)c1cccc(S(=O)(=O)c2ccc(CN)s2)n1.Cl. The third kappa shape index (κ3) is 3.80. The van der Waals surface area contributed by atoms with E-state index in [0.717, 1.165) is 22.5 Å². The summed E-state index contributed by atoms with van der Waals surface area (Å²) in [5.74, 6) is 0. The maximum absolute atomic E-state index is 12.4. The topological polar surface area (TPSA) is 107 Å². The fourth-order valence-corrected chi connectivity index (χ4v) is 4.67. The van der Waals surface area contributed by atoms with Crippen molar-refractivity contribution in [1.29, 1.82) is 0 Å². The average molecular weight is 369 g/mol. The number of nitrogens with two attached hydrogens (primary N) is 1. The number of hydrogen-bond donors (Lipinski definition) is 1. The van der Waals surface area contributed by atoms with Crippen LogP contribution in [0.15, 0.2) is 44.6 Å². The van der Waals surface area contributed by atoms with Gasteiger partial charge < -0.3 is 5.73 Å². The molecular weight excluding hydrogens is 356 g/mol. The summed E-state index contributed by atoms with van der Waals surface area (Å²) in [5.41, 5.74) is 5.45. The molecule has 0 saturated heterocycles. The largest absolute Gasteiger partial charge is 0.326 e. The first kappa shape index (κ1) is 18.1. The molecule has 0 aliphatic heterocycles. The Kier molecular flexibility index (Phi) is 5.51. The van der Waals surface area contributed by atoms with E-state index in [1.807, 2.05) is 0 Å². The Labute approximate surface area is 133 Å². The van der Waals surface area contributed by atoms with Crippen molar-refractivity contribution < 1.29 is 16.8 Å².